The van der Waals surface area contributed by atoms with E-state index in [2.05, 4.69) is 15.3 Å². The zero-order valence-corrected chi connectivity index (χ0v) is 12.9. The summed E-state index contributed by atoms with van der Waals surface area (Å²) in [6.45, 7) is 1.97. The summed E-state index contributed by atoms with van der Waals surface area (Å²) in [5.74, 6) is 0.500. The predicted molar refractivity (Wildman–Crippen MR) is 81.5 cm³/mol. The van der Waals surface area contributed by atoms with E-state index in [4.69, 9.17) is 16.7 Å². The SMILES string of the molecule is CCC(Nc1ncncc1Cl)c1cccc(S(N)(=O)=O)c1. The van der Waals surface area contributed by atoms with Gasteiger partial charge in [-0.3, -0.25) is 0 Å². The monoisotopic (exact) mass is 326 g/mol. The second-order valence-electron chi connectivity index (χ2n) is 4.44. The minimum atomic E-state index is -3.73. The van der Waals surface area contributed by atoms with Crippen LogP contribution in [-0.4, -0.2) is 18.4 Å². The summed E-state index contributed by atoms with van der Waals surface area (Å²) in [6, 6.07) is 6.35. The largest absolute Gasteiger partial charge is 0.362 e. The van der Waals surface area contributed by atoms with E-state index in [1.165, 1.54) is 18.6 Å². The van der Waals surface area contributed by atoms with E-state index in [1.54, 1.807) is 12.1 Å². The van der Waals surface area contributed by atoms with E-state index < -0.39 is 10.0 Å². The Kier molecular flexibility index (Phi) is 4.76. The fourth-order valence-corrected chi connectivity index (χ4v) is 2.64. The standard InChI is InChI=1S/C13H15ClN4O2S/c1-2-12(18-13-11(14)7-16-8-17-13)9-4-3-5-10(6-9)21(15,19)20/h3-8,12H,2H2,1H3,(H2,15,19,20)(H,16,17,18). The molecule has 21 heavy (non-hydrogen) atoms. The summed E-state index contributed by atoms with van der Waals surface area (Å²) < 4.78 is 22.8. The number of sulfonamides is 1. The molecule has 8 heteroatoms. The minimum Gasteiger partial charge on any atom is -0.362 e. The highest BCUT2D eigenvalue weighted by Gasteiger charge is 2.15. The quantitative estimate of drug-likeness (QED) is 0.878. The average molecular weight is 327 g/mol. The van der Waals surface area contributed by atoms with Gasteiger partial charge in [0.05, 0.1) is 17.1 Å². The highest BCUT2D eigenvalue weighted by atomic mass is 35.5. The Morgan fingerprint density at radius 3 is 2.81 bits per heavy atom. The fraction of sp³-hybridized carbons (Fsp3) is 0.231. The van der Waals surface area contributed by atoms with E-state index in [1.807, 2.05) is 13.0 Å². The molecule has 0 aliphatic carbocycles. The van der Waals surface area contributed by atoms with Crippen molar-refractivity contribution < 1.29 is 8.42 Å². The number of primary sulfonamides is 1. The number of hydrogen-bond acceptors (Lipinski definition) is 5. The van der Waals surface area contributed by atoms with Gasteiger partial charge in [0, 0.05) is 0 Å². The number of rotatable bonds is 5. The normalized spacial score (nSPS) is 12.9. The van der Waals surface area contributed by atoms with Gasteiger partial charge in [0.25, 0.3) is 0 Å². The number of anilines is 1. The van der Waals surface area contributed by atoms with Gasteiger partial charge in [0.1, 0.15) is 17.2 Å². The molecule has 0 radical (unpaired) electrons. The van der Waals surface area contributed by atoms with Gasteiger partial charge in [-0.15, -0.1) is 0 Å². The number of nitrogens with zero attached hydrogens (tertiary/aromatic N) is 2. The van der Waals surface area contributed by atoms with E-state index in [0.717, 1.165) is 5.56 Å². The van der Waals surface area contributed by atoms with Crippen molar-refractivity contribution in [2.24, 2.45) is 5.14 Å². The van der Waals surface area contributed by atoms with Crippen molar-refractivity contribution in [2.45, 2.75) is 24.3 Å². The lowest BCUT2D eigenvalue weighted by molar-refractivity contribution is 0.597. The van der Waals surface area contributed by atoms with Crippen LogP contribution >= 0.6 is 11.6 Å². The van der Waals surface area contributed by atoms with Crippen LogP contribution < -0.4 is 10.5 Å². The Hall–Kier alpha value is -1.70. The van der Waals surface area contributed by atoms with Crippen LogP contribution in [0, 0.1) is 0 Å². The van der Waals surface area contributed by atoms with E-state index in [0.29, 0.717) is 17.3 Å². The second-order valence-corrected chi connectivity index (χ2v) is 6.41. The van der Waals surface area contributed by atoms with Crippen molar-refractivity contribution in [3.63, 3.8) is 0 Å². The first kappa shape index (κ1) is 15.7. The summed E-state index contributed by atoms with van der Waals surface area (Å²) in [7, 11) is -3.73. The number of nitrogens with two attached hydrogens (primary N) is 1. The van der Waals surface area contributed by atoms with Gasteiger partial charge in [0.2, 0.25) is 10.0 Å². The summed E-state index contributed by atoms with van der Waals surface area (Å²) in [5, 5.41) is 8.73. The maximum Gasteiger partial charge on any atom is 0.238 e. The lowest BCUT2D eigenvalue weighted by Crippen LogP contribution is -2.15. The molecule has 0 saturated heterocycles. The van der Waals surface area contributed by atoms with Gasteiger partial charge in [-0.2, -0.15) is 0 Å². The van der Waals surface area contributed by atoms with Crippen molar-refractivity contribution in [1.29, 1.82) is 0 Å². The first-order valence-electron chi connectivity index (χ1n) is 6.26. The summed E-state index contributed by atoms with van der Waals surface area (Å²) in [6.07, 6.45) is 3.60. The number of benzene rings is 1. The van der Waals surface area contributed by atoms with Crippen LogP contribution in [0.2, 0.25) is 5.02 Å². The summed E-state index contributed by atoms with van der Waals surface area (Å²) >= 11 is 6.01. The number of nitrogens with one attached hydrogen (secondary N) is 1. The third-order valence-corrected chi connectivity index (χ3v) is 4.16. The van der Waals surface area contributed by atoms with Crippen LogP contribution in [0.15, 0.2) is 41.7 Å². The van der Waals surface area contributed by atoms with Crippen LogP contribution in [0.1, 0.15) is 24.9 Å². The third kappa shape index (κ3) is 3.90. The van der Waals surface area contributed by atoms with E-state index >= 15 is 0 Å². The molecule has 1 aromatic heterocycles. The molecule has 2 rings (SSSR count). The molecule has 0 aliphatic rings. The summed E-state index contributed by atoms with van der Waals surface area (Å²) in [4.78, 5) is 7.96. The topological polar surface area (TPSA) is 98.0 Å². The number of hydrogen-bond donors (Lipinski definition) is 2. The van der Waals surface area contributed by atoms with Crippen molar-refractivity contribution in [1.82, 2.24) is 9.97 Å². The van der Waals surface area contributed by atoms with Gasteiger partial charge < -0.3 is 5.32 Å². The molecule has 0 amide bonds. The molecular formula is C13H15ClN4O2S. The minimum absolute atomic E-state index is 0.0778. The van der Waals surface area contributed by atoms with Crippen molar-refractivity contribution in [2.75, 3.05) is 5.32 Å². The predicted octanol–water partition coefficient (Wildman–Crippen LogP) is 2.34. The molecular weight excluding hydrogens is 312 g/mol. The Bertz CT molecular complexity index is 736. The van der Waals surface area contributed by atoms with E-state index in [-0.39, 0.29) is 10.9 Å². The Morgan fingerprint density at radius 2 is 2.19 bits per heavy atom. The van der Waals surface area contributed by atoms with Gasteiger partial charge >= 0.3 is 0 Å². The molecule has 0 bridgehead atoms. The van der Waals surface area contributed by atoms with Gasteiger partial charge in [-0.05, 0) is 24.1 Å². The zero-order valence-electron chi connectivity index (χ0n) is 11.3. The molecule has 0 saturated carbocycles. The number of halogens is 1. The highest BCUT2D eigenvalue weighted by molar-refractivity contribution is 7.89. The van der Waals surface area contributed by atoms with Crippen LogP contribution in [0.25, 0.3) is 0 Å². The molecule has 0 fully saturated rings. The van der Waals surface area contributed by atoms with Crippen LogP contribution in [0.5, 0.6) is 0 Å². The van der Waals surface area contributed by atoms with Crippen LogP contribution in [-0.2, 0) is 10.0 Å². The van der Waals surface area contributed by atoms with Gasteiger partial charge in [0.15, 0.2) is 0 Å². The second kappa shape index (κ2) is 6.38. The van der Waals surface area contributed by atoms with Gasteiger partial charge in [-0.25, -0.2) is 23.5 Å². The fourth-order valence-electron chi connectivity index (χ4n) is 1.91. The molecule has 1 unspecified atom stereocenters. The Morgan fingerprint density at radius 1 is 1.43 bits per heavy atom. The highest BCUT2D eigenvalue weighted by Crippen LogP contribution is 2.26. The molecule has 1 heterocycles. The van der Waals surface area contributed by atoms with Crippen LogP contribution in [0.3, 0.4) is 0 Å². The molecule has 0 aliphatic heterocycles. The van der Waals surface area contributed by atoms with Crippen LogP contribution in [0.4, 0.5) is 5.82 Å². The Balaban J connectivity index is 2.32. The lowest BCUT2D eigenvalue weighted by Gasteiger charge is -2.19. The summed E-state index contributed by atoms with van der Waals surface area (Å²) in [5.41, 5.74) is 0.790. The Labute approximate surface area is 128 Å². The third-order valence-electron chi connectivity index (χ3n) is 2.98. The molecule has 2 aromatic rings. The zero-order chi connectivity index (χ0) is 15.5. The maximum absolute atomic E-state index is 11.4. The first-order valence-corrected chi connectivity index (χ1v) is 8.19. The molecule has 1 atom stereocenters. The molecule has 1 aromatic carbocycles. The molecule has 112 valence electrons. The number of aromatic nitrogens is 2. The van der Waals surface area contributed by atoms with Gasteiger partial charge in [-0.1, -0.05) is 30.7 Å². The van der Waals surface area contributed by atoms with E-state index in [9.17, 15) is 8.42 Å². The molecule has 6 nitrogen and oxygen atoms in total. The lowest BCUT2D eigenvalue weighted by atomic mass is 10.0. The first-order chi connectivity index (χ1) is 9.91. The molecule has 3 N–H and O–H groups in total. The smallest absolute Gasteiger partial charge is 0.238 e. The van der Waals surface area contributed by atoms with Crippen molar-refractivity contribution >= 4 is 27.4 Å². The maximum atomic E-state index is 11.4. The van der Waals surface area contributed by atoms with Crippen molar-refractivity contribution in [3.05, 3.63) is 47.4 Å². The average Bonchev–Trinajstić information content (AvgIpc) is 2.46. The van der Waals surface area contributed by atoms with Crippen molar-refractivity contribution in [3.8, 4) is 0 Å². The molecule has 0 spiro atoms.